The van der Waals surface area contributed by atoms with Crippen molar-refractivity contribution in [2.45, 2.75) is 18.9 Å². The van der Waals surface area contributed by atoms with Crippen molar-refractivity contribution in [3.8, 4) is 0 Å². The second kappa shape index (κ2) is 8.26. The van der Waals surface area contributed by atoms with Gasteiger partial charge < -0.3 is 10.2 Å². The van der Waals surface area contributed by atoms with E-state index in [1.54, 1.807) is 29.2 Å². The lowest BCUT2D eigenvalue weighted by Gasteiger charge is -2.23. The van der Waals surface area contributed by atoms with E-state index in [1.165, 1.54) is 24.3 Å². The molecule has 0 bridgehead atoms. The highest BCUT2D eigenvalue weighted by Gasteiger charge is 2.34. The molecule has 0 spiro atoms. The molecule has 1 fully saturated rings. The molecule has 1 saturated heterocycles. The van der Waals surface area contributed by atoms with E-state index < -0.39 is 5.91 Å². The summed E-state index contributed by atoms with van der Waals surface area (Å²) >= 11 is 7.32. The quantitative estimate of drug-likeness (QED) is 0.658. The lowest BCUT2D eigenvalue weighted by Crippen LogP contribution is -2.30. The van der Waals surface area contributed by atoms with Crippen molar-refractivity contribution in [3.63, 3.8) is 0 Å². The zero-order valence-corrected chi connectivity index (χ0v) is 16.7. The molecule has 1 aliphatic heterocycles. The first-order chi connectivity index (χ1) is 14.0. The Morgan fingerprint density at radius 1 is 1.14 bits per heavy atom. The van der Waals surface area contributed by atoms with Crippen LogP contribution in [0.2, 0.25) is 5.02 Å². The van der Waals surface area contributed by atoms with Gasteiger partial charge in [-0.1, -0.05) is 35.1 Å². The number of amides is 2. The summed E-state index contributed by atoms with van der Waals surface area (Å²) in [6, 6.07) is 12.1. The third kappa shape index (κ3) is 4.13. The fourth-order valence-corrected chi connectivity index (χ4v) is 4.34. The number of aromatic nitrogens is 2. The summed E-state index contributed by atoms with van der Waals surface area (Å²) in [4.78, 5) is 27.1. The van der Waals surface area contributed by atoms with E-state index in [0.717, 1.165) is 24.2 Å². The highest BCUT2D eigenvalue weighted by Crippen LogP contribution is 2.35. The summed E-state index contributed by atoms with van der Waals surface area (Å²) in [5, 5.41) is 12.0. The van der Waals surface area contributed by atoms with Crippen LogP contribution in [-0.2, 0) is 0 Å². The fourth-order valence-electron chi connectivity index (χ4n) is 3.23. The first kappa shape index (κ1) is 19.5. The zero-order valence-electron chi connectivity index (χ0n) is 15.1. The molecule has 1 aromatic heterocycles. The van der Waals surface area contributed by atoms with Gasteiger partial charge >= 0.3 is 0 Å². The maximum absolute atomic E-state index is 13.0. The van der Waals surface area contributed by atoms with Gasteiger partial charge in [0.25, 0.3) is 11.8 Å². The predicted octanol–water partition coefficient (Wildman–Crippen LogP) is 4.56. The minimum atomic E-state index is -0.428. The molecule has 2 heterocycles. The van der Waals surface area contributed by atoms with Crippen LogP contribution in [0.15, 0.2) is 48.5 Å². The lowest BCUT2D eigenvalue weighted by molar-refractivity contribution is 0.0735. The lowest BCUT2D eigenvalue weighted by atomic mass is 10.1. The monoisotopic (exact) mass is 430 g/mol. The van der Waals surface area contributed by atoms with E-state index in [0.29, 0.717) is 27.8 Å². The Kier molecular flexibility index (Phi) is 5.55. The molecule has 148 valence electrons. The Labute approximate surface area is 175 Å². The number of rotatable bonds is 4. The van der Waals surface area contributed by atoms with Gasteiger partial charge in [-0.05, 0) is 49.2 Å². The molecule has 6 nitrogen and oxygen atoms in total. The molecular formula is C20H16ClFN4O2S. The molecule has 0 unspecified atom stereocenters. The minimum Gasteiger partial charge on any atom is -0.329 e. The Morgan fingerprint density at radius 2 is 1.90 bits per heavy atom. The SMILES string of the molecule is O=C(Nc1ccc(F)cc1)c1nnc([C@H]2CCCN2C(=O)c2ccccc2Cl)s1. The molecule has 1 aliphatic rings. The van der Waals surface area contributed by atoms with Gasteiger partial charge in [-0.25, -0.2) is 4.39 Å². The number of nitrogens with one attached hydrogen (secondary N) is 1. The molecule has 1 atom stereocenters. The van der Waals surface area contributed by atoms with Crippen molar-refractivity contribution in [2.75, 3.05) is 11.9 Å². The van der Waals surface area contributed by atoms with Gasteiger partial charge in [-0.3, -0.25) is 9.59 Å². The Hall–Kier alpha value is -2.84. The average molecular weight is 431 g/mol. The van der Waals surface area contributed by atoms with Crippen LogP contribution in [0.1, 0.15) is 44.1 Å². The van der Waals surface area contributed by atoms with E-state index in [1.807, 2.05) is 0 Å². The van der Waals surface area contributed by atoms with Gasteiger partial charge in [-0.15, -0.1) is 10.2 Å². The van der Waals surface area contributed by atoms with Crippen LogP contribution in [0.4, 0.5) is 10.1 Å². The van der Waals surface area contributed by atoms with E-state index in [9.17, 15) is 14.0 Å². The maximum Gasteiger partial charge on any atom is 0.286 e. The first-order valence-corrected chi connectivity index (χ1v) is 10.2. The van der Waals surface area contributed by atoms with Crippen molar-refractivity contribution >= 4 is 40.4 Å². The van der Waals surface area contributed by atoms with Crippen molar-refractivity contribution < 1.29 is 14.0 Å². The molecule has 1 N–H and O–H groups in total. The summed E-state index contributed by atoms with van der Waals surface area (Å²) < 4.78 is 13.0. The molecular weight excluding hydrogens is 415 g/mol. The van der Waals surface area contributed by atoms with Crippen LogP contribution in [0.5, 0.6) is 0 Å². The van der Waals surface area contributed by atoms with Gasteiger partial charge in [-0.2, -0.15) is 0 Å². The maximum atomic E-state index is 13.0. The molecule has 0 aliphatic carbocycles. The fraction of sp³-hybridized carbons (Fsp3) is 0.200. The van der Waals surface area contributed by atoms with Gasteiger partial charge in [0, 0.05) is 12.2 Å². The molecule has 29 heavy (non-hydrogen) atoms. The molecule has 3 aromatic rings. The third-order valence-electron chi connectivity index (χ3n) is 4.64. The number of hydrogen-bond donors (Lipinski definition) is 1. The van der Waals surface area contributed by atoms with Crippen molar-refractivity contribution in [2.24, 2.45) is 0 Å². The first-order valence-electron chi connectivity index (χ1n) is 8.99. The number of halogens is 2. The number of likely N-dealkylation sites (tertiary alicyclic amines) is 1. The van der Waals surface area contributed by atoms with Crippen LogP contribution in [0.25, 0.3) is 0 Å². The van der Waals surface area contributed by atoms with Gasteiger partial charge in [0.15, 0.2) is 0 Å². The van der Waals surface area contributed by atoms with Crippen molar-refractivity contribution in [3.05, 3.63) is 74.9 Å². The standard InChI is InChI=1S/C20H16ClFN4O2S/c21-15-5-2-1-4-14(15)20(28)26-11-3-6-16(26)18-24-25-19(29-18)17(27)23-13-9-7-12(22)8-10-13/h1-2,4-5,7-10,16H,3,6,11H2,(H,23,27)/t16-/m1/s1. The van der Waals surface area contributed by atoms with Crippen LogP contribution < -0.4 is 5.32 Å². The Bertz CT molecular complexity index is 1060. The van der Waals surface area contributed by atoms with Crippen molar-refractivity contribution in [1.29, 1.82) is 0 Å². The summed E-state index contributed by atoms with van der Waals surface area (Å²) in [7, 11) is 0. The number of carbonyl (C=O) groups is 2. The van der Waals surface area contributed by atoms with Gasteiger partial charge in [0.2, 0.25) is 5.01 Å². The van der Waals surface area contributed by atoms with Crippen LogP contribution in [0.3, 0.4) is 0 Å². The highest BCUT2D eigenvalue weighted by molar-refractivity contribution is 7.13. The predicted molar refractivity (Wildman–Crippen MR) is 109 cm³/mol. The molecule has 4 rings (SSSR count). The Morgan fingerprint density at radius 3 is 2.66 bits per heavy atom. The van der Waals surface area contributed by atoms with E-state index >= 15 is 0 Å². The number of nitrogens with zero attached hydrogens (tertiary/aromatic N) is 3. The number of hydrogen-bond acceptors (Lipinski definition) is 5. The topological polar surface area (TPSA) is 75.2 Å². The van der Waals surface area contributed by atoms with Crippen LogP contribution in [0, 0.1) is 5.82 Å². The Balaban J connectivity index is 1.50. The zero-order chi connectivity index (χ0) is 20.4. The summed E-state index contributed by atoms with van der Waals surface area (Å²) in [6.07, 6.45) is 1.57. The van der Waals surface area contributed by atoms with Gasteiger partial charge in [0.1, 0.15) is 10.8 Å². The van der Waals surface area contributed by atoms with Crippen molar-refractivity contribution in [1.82, 2.24) is 15.1 Å². The molecule has 9 heteroatoms. The average Bonchev–Trinajstić information content (AvgIpc) is 3.39. The van der Waals surface area contributed by atoms with E-state index in [2.05, 4.69) is 15.5 Å². The second-order valence-electron chi connectivity index (χ2n) is 6.54. The normalized spacial score (nSPS) is 16.1. The van der Waals surface area contributed by atoms with E-state index in [-0.39, 0.29) is 22.8 Å². The molecule has 0 saturated carbocycles. The smallest absolute Gasteiger partial charge is 0.286 e. The number of benzene rings is 2. The molecule has 0 radical (unpaired) electrons. The summed E-state index contributed by atoms with van der Waals surface area (Å²) in [6.45, 7) is 0.589. The largest absolute Gasteiger partial charge is 0.329 e. The second-order valence-corrected chi connectivity index (χ2v) is 7.96. The number of anilines is 1. The molecule has 2 amide bonds. The number of carbonyl (C=O) groups excluding carboxylic acids is 2. The molecule has 2 aromatic carbocycles. The van der Waals surface area contributed by atoms with E-state index in [4.69, 9.17) is 11.6 Å². The summed E-state index contributed by atoms with van der Waals surface area (Å²) in [5.74, 6) is -0.973. The minimum absolute atomic E-state index is 0.161. The van der Waals surface area contributed by atoms with Gasteiger partial charge in [0.05, 0.1) is 16.6 Å². The third-order valence-corrected chi connectivity index (χ3v) is 5.99. The highest BCUT2D eigenvalue weighted by atomic mass is 35.5. The van der Waals surface area contributed by atoms with Crippen LogP contribution in [-0.4, -0.2) is 33.5 Å². The summed E-state index contributed by atoms with van der Waals surface area (Å²) in [5.41, 5.74) is 0.907. The van der Waals surface area contributed by atoms with Crippen LogP contribution >= 0.6 is 22.9 Å².